The van der Waals surface area contributed by atoms with Gasteiger partial charge in [0.15, 0.2) is 0 Å². The van der Waals surface area contributed by atoms with Crippen LogP contribution in [0.3, 0.4) is 0 Å². The lowest BCUT2D eigenvalue weighted by atomic mass is 9.85. The van der Waals surface area contributed by atoms with Crippen molar-refractivity contribution in [2.24, 2.45) is 0 Å². The van der Waals surface area contributed by atoms with Gasteiger partial charge in [-0.05, 0) is 52.6 Å². The van der Waals surface area contributed by atoms with Gasteiger partial charge in [-0.1, -0.05) is 84.9 Å². The second-order valence-corrected chi connectivity index (χ2v) is 7.76. The minimum atomic E-state index is -1.63. The molecule has 0 aliphatic carbocycles. The Bertz CT molecular complexity index is 1390. The fraction of sp³-hybridized carbons (Fsp3) is 0. The largest absolute Gasteiger partial charge is 0.508 e. The predicted molar refractivity (Wildman–Crippen MR) is 134 cm³/mol. The third kappa shape index (κ3) is 4.60. The number of hydrogen-bond donors (Lipinski definition) is 2. The number of nitrogens with zero attached hydrogens (tertiary/aromatic N) is 2. The van der Waals surface area contributed by atoms with Gasteiger partial charge < -0.3 is 10.0 Å². The van der Waals surface area contributed by atoms with E-state index in [1.54, 1.807) is 12.1 Å². The summed E-state index contributed by atoms with van der Waals surface area (Å²) >= 11 is 0. The molecule has 2 N–H and O–H groups in total. The molecular formula is C28H21BN2O2. The third-order valence-corrected chi connectivity index (χ3v) is 5.50. The summed E-state index contributed by atoms with van der Waals surface area (Å²) in [5.41, 5.74) is 7.62. The summed E-state index contributed by atoms with van der Waals surface area (Å²) in [7, 11) is -1.63. The second-order valence-electron chi connectivity index (χ2n) is 7.76. The van der Waals surface area contributed by atoms with Gasteiger partial charge in [-0.2, -0.15) is 0 Å². The smallest absolute Gasteiger partial charge is 0.422 e. The monoisotopic (exact) mass is 428 g/mol. The van der Waals surface area contributed by atoms with Crippen LogP contribution >= 0.6 is 0 Å². The van der Waals surface area contributed by atoms with Gasteiger partial charge in [-0.15, -0.1) is 0 Å². The summed E-state index contributed by atoms with van der Waals surface area (Å²) in [4.78, 5) is 9.27. The summed E-state index contributed by atoms with van der Waals surface area (Å²) in [5.74, 6) is 0. The van der Waals surface area contributed by atoms with Crippen LogP contribution in [0, 0.1) is 0 Å². The van der Waals surface area contributed by atoms with Crippen molar-refractivity contribution in [3.05, 3.63) is 115 Å². The van der Waals surface area contributed by atoms with Crippen LogP contribution in [0.15, 0.2) is 115 Å². The average Bonchev–Trinajstić information content (AvgIpc) is 2.89. The highest BCUT2D eigenvalue weighted by molar-refractivity contribution is 6.57. The fourth-order valence-electron chi connectivity index (χ4n) is 3.83. The number of hydrogen-bond acceptors (Lipinski definition) is 4. The highest BCUT2D eigenvalue weighted by Gasteiger charge is 2.15. The van der Waals surface area contributed by atoms with Gasteiger partial charge in [-0.25, -0.2) is 4.98 Å². The summed E-state index contributed by atoms with van der Waals surface area (Å²) in [5, 5.41) is 19.1. The van der Waals surface area contributed by atoms with Crippen LogP contribution in [-0.2, 0) is 0 Å². The van der Waals surface area contributed by atoms with E-state index >= 15 is 0 Å². The number of rotatable bonds is 5. The fourth-order valence-corrected chi connectivity index (χ4v) is 3.83. The molecule has 5 rings (SSSR count). The zero-order valence-electron chi connectivity index (χ0n) is 17.8. The van der Waals surface area contributed by atoms with Crippen molar-refractivity contribution in [1.82, 2.24) is 9.97 Å². The Morgan fingerprint density at radius 1 is 0.424 bits per heavy atom. The molecule has 158 valence electrons. The van der Waals surface area contributed by atoms with Crippen LogP contribution in [0.2, 0.25) is 0 Å². The van der Waals surface area contributed by atoms with Crippen LogP contribution in [0.25, 0.3) is 44.9 Å². The van der Waals surface area contributed by atoms with E-state index in [2.05, 4.69) is 47.4 Å². The molecule has 0 radical (unpaired) electrons. The van der Waals surface area contributed by atoms with Crippen molar-refractivity contribution < 1.29 is 10.0 Å². The molecule has 0 amide bonds. The van der Waals surface area contributed by atoms with Crippen molar-refractivity contribution in [1.29, 1.82) is 0 Å². The molecule has 0 spiro atoms. The third-order valence-electron chi connectivity index (χ3n) is 5.50. The average molecular weight is 428 g/mol. The van der Waals surface area contributed by atoms with Crippen LogP contribution in [-0.4, -0.2) is 27.1 Å². The topological polar surface area (TPSA) is 66.2 Å². The molecule has 2 heterocycles. The van der Waals surface area contributed by atoms with Crippen molar-refractivity contribution in [3.8, 4) is 44.9 Å². The van der Waals surface area contributed by atoms with Gasteiger partial charge >= 0.3 is 7.12 Å². The normalized spacial score (nSPS) is 10.7. The van der Waals surface area contributed by atoms with Gasteiger partial charge in [-0.3, -0.25) is 4.98 Å². The van der Waals surface area contributed by atoms with E-state index < -0.39 is 7.12 Å². The van der Waals surface area contributed by atoms with Crippen LogP contribution < -0.4 is 5.59 Å². The lowest BCUT2D eigenvalue weighted by molar-refractivity contribution is 0.424. The Balaban J connectivity index is 1.67. The second kappa shape index (κ2) is 9.21. The maximum Gasteiger partial charge on any atom is 0.508 e. The first-order valence-corrected chi connectivity index (χ1v) is 10.7. The van der Waals surface area contributed by atoms with E-state index in [1.165, 1.54) is 0 Å². The van der Waals surface area contributed by atoms with E-state index in [0.717, 1.165) is 33.5 Å². The molecule has 0 unspecified atom stereocenters. The van der Waals surface area contributed by atoms with Crippen LogP contribution in [0.5, 0.6) is 0 Å². The zero-order chi connectivity index (χ0) is 22.6. The Morgan fingerprint density at radius 2 is 1.00 bits per heavy atom. The van der Waals surface area contributed by atoms with E-state index in [-0.39, 0.29) is 5.59 Å². The lowest BCUT2D eigenvalue weighted by Gasteiger charge is -2.12. The standard InChI is InChI=1S/C28H21BN2O2/c32-29(33)28-16-8-15-25(31-28)27-19-24(18-26(30-27)21-11-5-2-6-12-21)23-14-7-13-22(17-23)20-9-3-1-4-10-20/h1-19,32-33H. The lowest BCUT2D eigenvalue weighted by Crippen LogP contribution is -2.32. The van der Waals surface area contributed by atoms with Gasteiger partial charge in [0.1, 0.15) is 0 Å². The predicted octanol–water partition coefficient (Wildman–Crippen LogP) is 4.82. The van der Waals surface area contributed by atoms with Crippen molar-refractivity contribution in [3.63, 3.8) is 0 Å². The van der Waals surface area contributed by atoms with Crippen molar-refractivity contribution in [2.45, 2.75) is 0 Å². The summed E-state index contributed by atoms with van der Waals surface area (Å²) in [6, 6.07) is 37.9. The van der Waals surface area contributed by atoms with Gasteiger partial charge in [0.05, 0.1) is 22.7 Å². The minimum absolute atomic E-state index is 0.187. The number of aromatic nitrogens is 2. The summed E-state index contributed by atoms with van der Waals surface area (Å²) in [6.07, 6.45) is 0. The van der Waals surface area contributed by atoms with E-state index in [1.807, 2.05) is 60.7 Å². The summed E-state index contributed by atoms with van der Waals surface area (Å²) < 4.78 is 0. The molecule has 4 nitrogen and oxygen atoms in total. The molecule has 5 aromatic rings. The van der Waals surface area contributed by atoms with Gasteiger partial charge in [0.2, 0.25) is 0 Å². The zero-order valence-corrected chi connectivity index (χ0v) is 17.8. The first kappa shape index (κ1) is 20.8. The molecule has 0 bridgehead atoms. The molecule has 0 aliphatic heterocycles. The van der Waals surface area contributed by atoms with Crippen LogP contribution in [0.1, 0.15) is 0 Å². The summed E-state index contributed by atoms with van der Waals surface area (Å²) in [6.45, 7) is 0. The molecular weight excluding hydrogens is 407 g/mol. The maximum atomic E-state index is 9.57. The molecule has 0 fully saturated rings. The molecule has 3 aromatic carbocycles. The number of pyridine rings is 2. The minimum Gasteiger partial charge on any atom is -0.422 e. The molecule has 0 aliphatic rings. The van der Waals surface area contributed by atoms with E-state index in [4.69, 9.17) is 4.98 Å². The quantitative estimate of drug-likeness (QED) is 0.394. The highest BCUT2D eigenvalue weighted by atomic mass is 16.4. The number of benzene rings is 3. The SMILES string of the molecule is OB(O)c1cccc(-c2cc(-c3cccc(-c4ccccc4)c3)cc(-c3ccccc3)n2)n1. The molecule has 5 heteroatoms. The Labute approximate surface area is 193 Å². The van der Waals surface area contributed by atoms with E-state index in [9.17, 15) is 10.0 Å². The van der Waals surface area contributed by atoms with Gasteiger partial charge in [0, 0.05) is 5.56 Å². The Morgan fingerprint density at radius 3 is 1.70 bits per heavy atom. The Kier molecular flexibility index (Phi) is 5.81. The van der Waals surface area contributed by atoms with E-state index in [0.29, 0.717) is 11.4 Å². The molecule has 0 atom stereocenters. The maximum absolute atomic E-state index is 9.57. The molecule has 0 saturated carbocycles. The first-order valence-electron chi connectivity index (χ1n) is 10.7. The van der Waals surface area contributed by atoms with Crippen LogP contribution in [0.4, 0.5) is 0 Å². The van der Waals surface area contributed by atoms with Crippen molar-refractivity contribution >= 4 is 12.7 Å². The highest BCUT2D eigenvalue weighted by Crippen LogP contribution is 2.31. The Hall–Kier alpha value is -4.06. The molecule has 33 heavy (non-hydrogen) atoms. The molecule has 0 saturated heterocycles. The molecule has 2 aromatic heterocycles. The first-order chi connectivity index (χ1) is 16.2. The van der Waals surface area contributed by atoms with Gasteiger partial charge in [0.25, 0.3) is 0 Å². The van der Waals surface area contributed by atoms with Crippen molar-refractivity contribution in [2.75, 3.05) is 0 Å².